The standard InChI is InChI=1S/C26H19N3O4S/c1-29-24(30)23(34-26(29)28-21-12-10-17(11-13-21)25(31)32)14-18-6-4-5-9-22(18)33-16-20-8-3-2-7-19(20)15-27/h2-14H,16H2,1H3,(H,31,32). The Labute approximate surface area is 200 Å². The Morgan fingerprint density at radius 2 is 1.82 bits per heavy atom. The van der Waals surface area contributed by atoms with Crippen molar-refractivity contribution < 1.29 is 19.4 Å². The molecule has 1 aliphatic heterocycles. The van der Waals surface area contributed by atoms with Crippen LogP contribution in [0.15, 0.2) is 82.7 Å². The number of likely N-dealkylation sites (N-methyl/N-ethyl adjacent to an activating group) is 1. The van der Waals surface area contributed by atoms with Crippen molar-refractivity contribution in [2.24, 2.45) is 4.99 Å². The fraction of sp³-hybridized carbons (Fsp3) is 0.0769. The zero-order chi connectivity index (χ0) is 24.1. The number of carbonyl (C=O) groups is 2. The number of para-hydroxylation sites is 1. The molecule has 1 amide bonds. The van der Waals surface area contributed by atoms with Crippen molar-refractivity contribution in [3.8, 4) is 11.8 Å². The molecular weight excluding hydrogens is 450 g/mol. The van der Waals surface area contributed by atoms with Gasteiger partial charge in [0, 0.05) is 18.2 Å². The van der Waals surface area contributed by atoms with Gasteiger partial charge >= 0.3 is 5.97 Å². The molecule has 0 saturated carbocycles. The van der Waals surface area contributed by atoms with Crippen molar-refractivity contribution in [1.82, 2.24) is 4.90 Å². The van der Waals surface area contributed by atoms with E-state index in [0.29, 0.717) is 27.1 Å². The summed E-state index contributed by atoms with van der Waals surface area (Å²) in [6.45, 7) is 0.226. The molecule has 4 rings (SSSR count). The highest BCUT2D eigenvalue weighted by Gasteiger charge is 2.30. The summed E-state index contributed by atoms with van der Waals surface area (Å²) in [6, 6.07) is 22.9. The van der Waals surface area contributed by atoms with Gasteiger partial charge in [-0.25, -0.2) is 9.79 Å². The smallest absolute Gasteiger partial charge is 0.335 e. The van der Waals surface area contributed by atoms with Crippen LogP contribution in [0.3, 0.4) is 0 Å². The van der Waals surface area contributed by atoms with Crippen LogP contribution in [-0.4, -0.2) is 34.1 Å². The zero-order valence-electron chi connectivity index (χ0n) is 18.1. The fourth-order valence-corrected chi connectivity index (χ4v) is 4.20. The second-order valence-corrected chi connectivity index (χ2v) is 8.33. The summed E-state index contributed by atoms with van der Waals surface area (Å²) in [5, 5.41) is 18.8. The lowest BCUT2D eigenvalue weighted by Crippen LogP contribution is -2.23. The Hall–Kier alpha value is -4.35. The molecule has 1 fully saturated rings. The second kappa shape index (κ2) is 10.1. The molecule has 3 aromatic carbocycles. The van der Waals surface area contributed by atoms with Crippen molar-refractivity contribution >= 4 is 40.6 Å². The molecule has 168 valence electrons. The van der Waals surface area contributed by atoms with E-state index < -0.39 is 5.97 Å². The molecule has 1 aliphatic rings. The van der Waals surface area contributed by atoms with E-state index in [9.17, 15) is 14.9 Å². The summed E-state index contributed by atoms with van der Waals surface area (Å²) in [7, 11) is 1.64. The molecule has 1 saturated heterocycles. The summed E-state index contributed by atoms with van der Waals surface area (Å²) >= 11 is 1.23. The van der Waals surface area contributed by atoms with Crippen LogP contribution in [0.5, 0.6) is 5.75 Å². The molecule has 7 nitrogen and oxygen atoms in total. The number of amides is 1. The van der Waals surface area contributed by atoms with Crippen LogP contribution in [0.2, 0.25) is 0 Å². The predicted molar refractivity (Wildman–Crippen MR) is 131 cm³/mol. The van der Waals surface area contributed by atoms with Crippen LogP contribution in [-0.2, 0) is 11.4 Å². The Kier molecular flexibility index (Phi) is 6.76. The largest absolute Gasteiger partial charge is 0.488 e. The van der Waals surface area contributed by atoms with Crippen LogP contribution in [0.4, 0.5) is 5.69 Å². The van der Waals surface area contributed by atoms with Gasteiger partial charge in [-0.2, -0.15) is 5.26 Å². The highest BCUT2D eigenvalue weighted by molar-refractivity contribution is 8.18. The van der Waals surface area contributed by atoms with Crippen LogP contribution in [0.1, 0.15) is 27.0 Å². The summed E-state index contributed by atoms with van der Waals surface area (Å²) < 4.78 is 5.98. The van der Waals surface area contributed by atoms with Gasteiger partial charge in [0.15, 0.2) is 5.17 Å². The van der Waals surface area contributed by atoms with E-state index in [2.05, 4.69) is 11.1 Å². The number of amidine groups is 1. The van der Waals surface area contributed by atoms with Gasteiger partial charge in [-0.1, -0.05) is 36.4 Å². The number of nitrogens with zero attached hydrogens (tertiary/aromatic N) is 3. The van der Waals surface area contributed by atoms with Crippen LogP contribution in [0, 0.1) is 11.3 Å². The van der Waals surface area contributed by atoms with Crippen molar-refractivity contribution in [3.05, 3.63) is 100.0 Å². The average molecular weight is 470 g/mol. The molecule has 0 aromatic heterocycles. The number of carboxylic acids is 1. The summed E-state index contributed by atoms with van der Waals surface area (Å²) in [4.78, 5) is 30.3. The SMILES string of the molecule is CN1C(=O)C(=Cc2ccccc2OCc2ccccc2C#N)SC1=Nc1ccc(C(=O)O)cc1. The minimum Gasteiger partial charge on any atom is -0.488 e. The number of aromatic carboxylic acids is 1. The lowest BCUT2D eigenvalue weighted by molar-refractivity contribution is -0.121. The number of carboxylic acid groups (broad SMARTS) is 1. The lowest BCUT2D eigenvalue weighted by Gasteiger charge is -2.10. The van der Waals surface area contributed by atoms with E-state index in [4.69, 9.17) is 9.84 Å². The van der Waals surface area contributed by atoms with Gasteiger partial charge in [-0.05, 0) is 54.2 Å². The summed E-state index contributed by atoms with van der Waals surface area (Å²) in [5.41, 5.74) is 2.78. The number of thioether (sulfide) groups is 1. The molecule has 0 atom stereocenters. The molecule has 34 heavy (non-hydrogen) atoms. The van der Waals surface area contributed by atoms with Gasteiger partial charge in [-0.15, -0.1) is 0 Å². The monoisotopic (exact) mass is 469 g/mol. The van der Waals surface area contributed by atoms with E-state index in [1.54, 1.807) is 37.4 Å². The first-order valence-corrected chi connectivity index (χ1v) is 11.1. The minimum absolute atomic E-state index is 0.169. The van der Waals surface area contributed by atoms with Crippen molar-refractivity contribution in [2.75, 3.05) is 7.05 Å². The van der Waals surface area contributed by atoms with Gasteiger partial charge in [0.05, 0.1) is 27.8 Å². The highest BCUT2D eigenvalue weighted by atomic mass is 32.2. The van der Waals surface area contributed by atoms with Gasteiger partial charge in [-0.3, -0.25) is 9.69 Å². The maximum absolute atomic E-state index is 12.8. The molecule has 8 heteroatoms. The quantitative estimate of drug-likeness (QED) is 0.506. The third-order valence-corrected chi connectivity index (χ3v) is 6.13. The van der Waals surface area contributed by atoms with E-state index in [1.165, 1.54) is 28.8 Å². The van der Waals surface area contributed by atoms with Crippen LogP contribution >= 0.6 is 11.8 Å². The number of benzene rings is 3. The van der Waals surface area contributed by atoms with Gasteiger partial charge in [0.2, 0.25) is 0 Å². The molecule has 1 heterocycles. The Morgan fingerprint density at radius 1 is 1.12 bits per heavy atom. The topological polar surface area (TPSA) is 103 Å². The number of rotatable bonds is 6. The van der Waals surface area contributed by atoms with Crippen molar-refractivity contribution in [3.63, 3.8) is 0 Å². The molecule has 0 spiro atoms. The minimum atomic E-state index is -1.01. The highest BCUT2D eigenvalue weighted by Crippen LogP contribution is 2.35. The summed E-state index contributed by atoms with van der Waals surface area (Å²) in [6.07, 6.45) is 1.76. The predicted octanol–water partition coefficient (Wildman–Crippen LogP) is 5.07. The molecule has 1 N–H and O–H groups in total. The van der Waals surface area contributed by atoms with Gasteiger partial charge in [0.1, 0.15) is 12.4 Å². The third-order valence-electron chi connectivity index (χ3n) is 5.07. The first kappa shape index (κ1) is 22.8. The van der Waals surface area contributed by atoms with E-state index in [0.717, 1.165) is 11.1 Å². The Morgan fingerprint density at radius 3 is 2.56 bits per heavy atom. The normalized spacial score (nSPS) is 15.5. The molecule has 0 aliphatic carbocycles. The molecule has 3 aromatic rings. The number of nitriles is 1. The molecular formula is C26H19N3O4S. The first-order chi connectivity index (χ1) is 16.5. The van der Waals surface area contributed by atoms with Crippen molar-refractivity contribution in [1.29, 1.82) is 5.26 Å². The number of ether oxygens (including phenoxy) is 1. The fourth-order valence-electron chi connectivity index (χ4n) is 3.22. The second-order valence-electron chi connectivity index (χ2n) is 7.32. The number of carbonyl (C=O) groups excluding carboxylic acids is 1. The molecule has 0 bridgehead atoms. The van der Waals surface area contributed by atoms with Crippen LogP contribution in [0.25, 0.3) is 6.08 Å². The lowest BCUT2D eigenvalue weighted by atomic mass is 10.1. The van der Waals surface area contributed by atoms with Crippen LogP contribution < -0.4 is 4.74 Å². The van der Waals surface area contributed by atoms with E-state index in [-0.39, 0.29) is 18.1 Å². The summed E-state index contributed by atoms with van der Waals surface area (Å²) in [5.74, 6) is -0.618. The van der Waals surface area contributed by atoms with Gasteiger partial charge in [0.25, 0.3) is 5.91 Å². The third kappa shape index (κ3) is 5.00. The first-order valence-electron chi connectivity index (χ1n) is 10.3. The maximum Gasteiger partial charge on any atom is 0.335 e. The van der Waals surface area contributed by atoms with Gasteiger partial charge < -0.3 is 9.84 Å². The Bertz CT molecular complexity index is 1360. The zero-order valence-corrected chi connectivity index (χ0v) is 19.0. The van der Waals surface area contributed by atoms with E-state index in [1.807, 2.05) is 36.4 Å². The average Bonchev–Trinajstić information content (AvgIpc) is 3.11. The number of aliphatic imine (C=N–C) groups is 1. The Balaban J connectivity index is 1.56. The maximum atomic E-state index is 12.8. The molecule has 0 radical (unpaired) electrons. The van der Waals surface area contributed by atoms with Crippen molar-refractivity contribution in [2.45, 2.75) is 6.61 Å². The molecule has 0 unspecified atom stereocenters. The number of hydrogen-bond acceptors (Lipinski definition) is 6. The number of hydrogen-bond donors (Lipinski definition) is 1. The van der Waals surface area contributed by atoms with E-state index >= 15 is 0 Å².